The van der Waals surface area contributed by atoms with E-state index in [0.717, 1.165) is 17.7 Å². The summed E-state index contributed by atoms with van der Waals surface area (Å²) in [6.45, 7) is -2.08. The maximum atomic E-state index is 14.8. The number of hydrogen-bond donors (Lipinski definition) is 2. The number of nitrogens with zero attached hydrogens (tertiary/aromatic N) is 2. The number of amides is 3. The van der Waals surface area contributed by atoms with Gasteiger partial charge in [0.2, 0.25) is 18.0 Å². The van der Waals surface area contributed by atoms with Crippen LogP contribution < -0.4 is 20.7 Å². The van der Waals surface area contributed by atoms with Crippen LogP contribution in [0.5, 0.6) is 5.75 Å². The zero-order valence-electron chi connectivity index (χ0n) is 22.4. The van der Waals surface area contributed by atoms with Crippen molar-refractivity contribution in [3.63, 3.8) is 0 Å². The number of halogens is 5. The number of para-hydroxylation sites is 1. The third-order valence-corrected chi connectivity index (χ3v) is 7.65. The van der Waals surface area contributed by atoms with E-state index >= 15 is 0 Å². The van der Waals surface area contributed by atoms with Crippen LogP contribution in [0.25, 0.3) is 0 Å². The number of alkyl halides is 5. The Labute approximate surface area is 238 Å². The molecule has 2 aromatic rings. The van der Waals surface area contributed by atoms with E-state index in [0.29, 0.717) is 11.1 Å². The summed E-state index contributed by atoms with van der Waals surface area (Å²) < 4.78 is 74.6. The fraction of sp³-hybridized carbons (Fsp3) is 0.448. The van der Waals surface area contributed by atoms with Crippen molar-refractivity contribution in [3.8, 4) is 5.75 Å². The molecule has 0 saturated heterocycles. The van der Waals surface area contributed by atoms with E-state index in [1.165, 1.54) is 6.07 Å². The van der Waals surface area contributed by atoms with Crippen molar-refractivity contribution < 1.29 is 41.1 Å². The Morgan fingerprint density at radius 2 is 1.81 bits per heavy atom. The number of nitrogens with one attached hydrogen (secondary N) is 1. The van der Waals surface area contributed by atoms with E-state index in [9.17, 15) is 36.3 Å². The second kappa shape index (κ2) is 11.3. The maximum Gasteiger partial charge on any atom is 0.389 e. The number of primary amides is 1. The van der Waals surface area contributed by atoms with Gasteiger partial charge in [0.15, 0.2) is 6.61 Å². The molecule has 0 radical (unpaired) electrons. The molecule has 8 nitrogen and oxygen atoms in total. The predicted molar refractivity (Wildman–Crippen MR) is 142 cm³/mol. The minimum absolute atomic E-state index is 0.00918. The monoisotopic (exact) mass is 592 g/mol. The van der Waals surface area contributed by atoms with Gasteiger partial charge in [-0.2, -0.15) is 13.2 Å². The van der Waals surface area contributed by atoms with Crippen molar-refractivity contribution >= 4 is 29.1 Å². The standard InChI is InChI=1S/C29H29F5N4O4/c30-28(31)14-38-23-19(7-4-8-21(23)42-15-28)22(17-5-2-1-3-6-17)36-25(27(38)41)37-26(40)18(11-12-29(32,33)34)20(24(35)39)13-16-9-10-16/h1-8,16,18,20,25H,9-15H2,(H2,35,39)(H,37,40). The molecule has 3 N–H and O–H groups in total. The Bertz CT molecular complexity index is 1390. The summed E-state index contributed by atoms with van der Waals surface area (Å²) in [6, 6.07) is 13.1. The van der Waals surface area contributed by atoms with E-state index in [4.69, 9.17) is 10.5 Å². The van der Waals surface area contributed by atoms with Crippen molar-refractivity contribution in [1.29, 1.82) is 0 Å². The first-order valence-electron chi connectivity index (χ1n) is 13.6. The molecular formula is C29H29F5N4O4. The molecule has 2 heterocycles. The highest BCUT2D eigenvalue weighted by Gasteiger charge is 2.46. The summed E-state index contributed by atoms with van der Waals surface area (Å²) >= 11 is 0. The van der Waals surface area contributed by atoms with Gasteiger partial charge in [-0.1, -0.05) is 55.3 Å². The summed E-state index contributed by atoms with van der Waals surface area (Å²) in [5.74, 6) is -9.11. The molecule has 0 spiro atoms. The van der Waals surface area contributed by atoms with Crippen molar-refractivity contribution in [2.24, 2.45) is 28.5 Å². The molecule has 5 rings (SSSR count). The lowest BCUT2D eigenvalue weighted by atomic mass is 9.83. The van der Waals surface area contributed by atoms with Gasteiger partial charge in [-0.05, 0) is 24.8 Å². The molecule has 3 amide bonds. The van der Waals surface area contributed by atoms with Crippen LogP contribution in [0.15, 0.2) is 53.5 Å². The lowest BCUT2D eigenvalue weighted by molar-refractivity contribution is -0.146. The largest absolute Gasteiger partial charge is 0.485 e. The Kier molecular flexibility index (Phi) is 7.95. The number of ether oxygens (including phenoxy) is 1. The molecule has 13 heteroatoms. The Hall–Kier alpha value is -4.03. The average Bonchev–Trinajstić information content (AvgIpc) is 3.77. The first-order chi connectivity index (χ1) is 19.8. The average molecular weight is 593 g/mol. The van der Waals surface area contributed by atoms with Gasteiger partial charge < -0.3 is 15.8 Å². The van der Waals surface area contributed by atoms with E-state index in [-0.39, 0.29) is 29.5 Å². The summed E-state index contributed by atoms with van der Waals surface area (Å²) in [5, 5.41) is 2.39. The second-order valence-corrected chi connectivity index (χ2v) is 10.9. The quantitative estimate of drug-likeness (QED) is 0.425. The molecule has 3 atom stereocenters. The number of benzene rings is 2. The molecule has 42 heavy (non-hydrogen) atoms. The minimum atomic E-state index is -4.62. The molecule has 2 aromatic carbocycles. The van der Waals surface area contributed by atoms with Crippen LogP contribution >= 0.6 is 0 Å². The molecule has 3 aliphatic rings. The maximum absolute atomic E-state index is 14.8. The molecule has 1 saturated carbocycles. The molecule has 3 unspecified atom stereocenters. The van der Waals surface area contributed by atoms with Gasteiger partial charge in [-0.15, -0.1) is 0 Å². The number of aliphatic imine (C=N–C) groups is 1. The third-order valence-electron chi connectivity index (χ3n) is 7.65. The van der Waals surface area contributed by atoms with Gasteiger partial charge in [0.25, 0.3) is 11.8 Å². The van der Waals surface area contributed by atoms with E-state index in [2.05, 4.69) is 10.3 Å². The van der Waals surface area contributed by atoms with Crippen molar-refractivity contribution in [2.45, 2.75) is 50.4 Å². The highest BCUT2D eigenvalue weighted by atomic mass is 19.4. The number of hydrogen-bond acceptors (Lipinski definition) is 5. The van der Waals surface area contributed by atoms with E-state index in [1.54, 1.807) is 42.5 Å². The highest BCUT2D eigenvalue weighted by Crippen LogP contribution is 2.42. The summed E-state index contributed by atoms with van der Waals surface area (Å²) in [5.41, 5.74) is 6.55. The highest BCUT2D eigenvalue weighted by molar-refractivity contribution is 6.21. The van der Waals surface area contributed by atoms with Gasteiger partial charge in [-0.3, -0.25) is 19.3 Å². The van der Waals surface area contributed by atoms with Crippen LogP contribution in [0.1, 0.15) is 43.2 Å². The normalized spacial score (nSPS) is 21.2. The third kappa shape index (κ3) is 6.55. The Balaban J connectivity index is 1.56. The molecule has 2 aliphatic heterocycles. The van der Waals surface area contributed by atoms with Crippen molar-refractivity contribution in [3.05, 3.63) is 59.7 Å². The SMILES string of the molecule is NC(=O)C(CC1CC1)C(CCC(F)(F)F)C(=O)NC1N=C(c2ccccc2)c2cccc3c2N(CC(F)(F)CO3)C1=O. The summed E-state index contributed by atoms with van der Waals surface area (Å²) in [4.78, 5) is 45.1. The first kappa shape index (κ1) is 29.5. The summed E-state index contributed by atoms with van der Waals surface area (Å²) in [7, 11) is 0. The smallest absolute Gasteiger partial charge is 0.389 e. The van der Waals surface area contributed by atoms with Crippen molar-refractivity contribution in [2.75, 3.05) is 18.1 Å². The zero-order chi connectivity index (χ0) is 30.2. The van der Waals surface area contributed by atoms with Crippen LogP contribution in [0.2, 0.25) is 0 Å². The van der Waals surface area contributed by atoms with Crippen LogP contribution in [-0.4, -0.2) is 54.8 Å². The zero-order valence-corrected chi connectivity index (χ0v) is 22.4. The van der Waals surface area contributed by atoms with Gasteiger partial charge in [0.05, 0.1) is 17.9 Å². The number of nitrogens with two attached hydrogens (primary N) is 1. The lowest BCUT2D eigenvalue weighted by Gasteiger charge is -2.28. The molecule has 224 valence electrons. The molecule has 1 aliphatic carbocycles. The Morgan fingerprint density at radius 1 is 1.10 bits per heavy atom. The van der Waals surface area contributed by atoms with Gasteiger partial charge in [0.1, 0.15) is 5.75 Å². The molecular weight excluding hydrogens is 563 g/mol. The molecule has 1 fully saturated rings. The van der Waals surface area contributed by atoms with Gasteiger partial charge >= 0.3 is 6.18 Å². The fourth-order valence-corrected chi connectivity index (χ4v) is 5.42. The molecule has 0 aromatic heterocycles. The Morgan fingerprint density at radius 3 is 2.45 bits per heavy atom. The number of carbonyl (C=O) groups excluding carboxylic acids is 3. The van der Waals surface area contributed by atoms with Gasteiger partial charge in [0, 0.05) is 29.4 Å². The van der Waals surface area contributed by atoms with Crippen LogP contribution in [0.4, 0.5) is 27.6 Å². The van der Waals surface area contributed by atoms with Crippen LogP contribution in [0.3, 0.4) is 0 Å². The minimum Gasteiger partial charge on any atom is -0.485 e. The predicted octanol–water partition coefficient (Wildman–Crippen LogP) is 4.20. The number of rotatable bonds is 9. The van der Waals surface area contributed by atoms with Crippen LogP contribution in [-0.2, 0) is 14.4 Å². The van der Waals surface area contributed by atoms with Crippen LogP contribution in [0, 0.1) is 17.8 Å². The second-order valence-electron chi connectivity index (χ2n) is 10.9. The lowest BCUT2D eigenvalue weighted by Crippen LogP contribution is -2.53. The van der Waals surface area contributed by atoms with Gasteiger partial charge in [-0.25, -0.2) is 13.8 Å². The number of anilines is 1. The summed E-state index contributed by atoms with van der Waals surface area (Å²) in [6.07, 6.45) is -6.86. The van der Waals surface area contributed by atoms with E-state index < -0.39 is 73.8 Å². The topological polar surface area (TPSA) is 114 Å². The van der Waals surface area contributed by atoms with Crippen molar-refractivity contribution in [1.82, 2.24) is 5.32 Å². The number of carbonyl (C=O) groups is 3. The molecule has 0 bridgehead atoms. The fourth-order valence-electron chi connectivity index (χ4n) is 5.42. The first-order valence-corrected chi connectivity index (χ1v) is 13.6. The van der Waals surface area contributed by atoms with E-state index in [1.807, 2.05) is 0 Å².